The van der Waals surface area contributed by atoms with Gasteiger partial charge in [-0.15, -0.1) is 0 Å². The van der Waals surface area contributed by atoms with Gasteiger partial charge in [0.2, 0.25) is 0 Å². The van der Waals surface area contributed by atoms with Crippen LogP contribution in [0.2, 0.25) is 0 Å². The Kier molecular flexibility index (Phi) is 5.07. The van der Waals surface area contributed by atoms with Crippen molar-refractivity contribution in [1.82, 2.24) is 15.1 Å². The van der Waals surface area contributed by atoms with Gasteiger partial charge < -0.3 is 5.32 Å². The molecule has 0 bridgehead atoms. The number of hydrogen-bond acceptors (Lipinski definition) is 2. The number of halogens is 2. The van der Waals surface area contributed by atoms with Crippen LogP contribution in [-0.4, -0.2) is 16.3 Å². The summed E-state index contributed by atoms with van der Waals surface area (Å²) < 4.78 is 30.0. The van der Waals surface area contributed by atoms with Crippen molar-refractivity contribution in [1.29, 1.82) is 0 Å². The highest BCUT2D eigenvalue weighted by Gasteiger charge is 2.25. The quantitative estimate of drug-likeness (QED) is 0.885. The van der Waals surface area contributed by atoms with Gasteiger partial charge in [-0.25, -0.2) is 8.78 Å². The molecule has 1 unspecified atom stereocenters. The van der Waals surface area contributed by atoms with E-state index in [1.807, 2.05) is 27.1 Å². The lowest BCUT2D eigenvalue weighted by atomic mass is 9.97. The first kappa shape index (κ1) is 15.6. The lowest BCUT2D eigenvalue weighted by Gasteiger charge is -2.20. The molecule has 1 heterocycles. The minimum Gasteiger partial charge on any atom is -0.306 e. The lowest BCUT2D eigenvalue weighted by molar-refractivity contribution is 0.501. The van der Waals surface area contributed by atoms with Gasteiger partial charge in [0.05, 0.1) is 11.7 Å². The molecule has 21 heavy (non-hydrogen) atoms. The van der Waals surface area contributed by atoms with Crippen LogP contribution in [0.25, 0.3) is 0 Å². The molecule has 0 aliphatic heterocycles. The summed E-state index contributed by atoms with van der Waals surface area (Å²) in [5.74, 6) is -1.07. The van der Waals surface area contributed by atoms with E-state index in [0.717, 1.165) is 24.1 Å². The number of aryl methyl sites for hydroxylation is 2. The van der Waals surface area contributed by atoms with Crippen molar-refractivity contribution in [2.75, 3.05) is 6.54 Å². The summed E-state index contributed by atoms with van der Waals surface area (Å²) in [6, 6.07) is 3.45. The average molecular weight is 293 g/mol. The zero-order valence-corrected chi connectivity index (χ0v) is 12.7. The average Bonchev–Trinajstić information content (AvgIpc) is 2.83. The second kappa shape index (κ2) is 6.80. The summed E-state index contributed by atoms with van der Waals surface area (Å²) >= 11 is 0. The van der Waals surface area contributed by atoms with Crippen LogP contribution in [0, 0.1) is 11.6 Å². The van der Waals surface area contributed by atoms with Crippen molar-refractivity contribution in [3.63, 3.8) is 0 Å². The van der Waals surface area contributed by atoms with E-state index in [-0.39, 0.29) is 5.56 Å². The van der Waals surface area contributed by atoms with Gasteiger partial charge in [0.1, 0.15) is 11.6 Å². The molecule has 2 rings (SSSR count). The number of aromatic nitrogens is 2. The molecule has 1 atom stereocenters. The Morgan fingerprint density at radius 2 is 1.90 bits per heavy atom. The summed E-state index contributed by atoms with van der Waals surface area (Å²) in [4.78, 5) is 0. The smallest absolute Gasteiger partial charge is 0.131 e. The van der Waals surface area contributed by atoms with Crippen LogP contribution in [-0.2, 0) is 13.5 Å². The fourth-order valence-electron chi connectivity index (χ4n) is 2.51. The molecule has 2 aromatic rings. The highest BCUT2D eigenvalue weighted by molar-refractivity contribution is 5.35. The van der Waals surface area contributed by atoms with Gasteiger partial charge in [0.15, 0.2) is 0 Å². The van der Waals surface area contributed by atoms with Gasteiger partial charge in [-0.05, 0) is 31.5 Å². The zero-order valence-electron chi connectivity index (χ0n) is 12.7. The Labute approximate surface area is 124 Å². The molecule has 0 saturated carbocycles. The van der Waals surface area contributed by atoms with Crippen LogP contribution in [0.1, 0.15) is 43.1 Å². The molecule has 0 amide bonds. The second-order valence-corrected chi connectivity index (χ2v) is 5.08. The molecule has 114 valence electrons. The van der Waals surface area contributed by atoms with E-state index in [1.165, 1.54) is 18.2 Å². The van der Waals surface area contributed by atoms with E-state index in [9.17, 15) is 8.78 Å². The Morgan fingerprint density at radius 3 is 2.48 bits per heavy atom. The maximum absolute atomic E-state index is 14.1. The third-order valence-corrected chi connectivity index (χ3v) is 3.47. The maximum Gasteiger partial charge on any atom is 0.131 e. The minimum absolute atomic E-state index is 0.0636. The number of hydrogen-bond donors (Lipinski definition) is 1. The Hall–Kier alpha value is -1.75. The minimum atomic E-state index is -0.533. The number of benzene rings is 1. The molecule has 3 nitrogen and oxygen atoms in total. The topological polar surface area (TPSA) is 29.9 Å². The van der Waals surface area contributed by atoms with Gasteiger partial charge in [0, 0.05) is 24.4 Å². The summed E-state index contributed by atoms with van der Waals surface area (Å²) in [6.45, 7) is 4.68. The summed E-state index contributed by atoms with van der Waals surface area (Å²) in [5, 5.41) is 7.61. The van der Waals surface area contributed by atoms with E-state index in [0.29, 0.717) is 6.54 Å². The number of nitrogens with one attached hydrogen (secondary N) is 1. The predicted molar refractivity (Wildman–Crippen MR) is 79.1 cm³/mol. The van der Waals surface area contributed by atoms with Crippen molar-refractivity contribution in [2.45, 2.75) is 32.7 Å². The van der Waals surface area contributed by atoms with E-state index < -0.39 is 17.7 Å². The van der Waals surface area contributed by atoms with Gasteiger partial charge in [0.25, 0.3) is 0 Å². The number of nitrogens with zero attached hydrogens (tertiary/aromatic N) is 2. The molecule has 0 radical (unpaired) electrons. The van der Waals surface area contributed by atoms with Crippen LogP contribution in [0.5, 0.6) is 0 Å². The van der Waals surface area contributed by atoms with E-state index in [2.05, 4.69) is 10.4 Å². The molecular weight excluding hydrogens is 272 g/mol. The standard InChI is InChI=1S/C16H21F2N3/c1-4-9-19-16(11-10-21(3)20-14(11)5-2)15-12(17)7-6-8-13(15)18/h6-8,10,16,19H,4-5,9H2,1-3H3. The van der Waals surface area contributed by atoms with E-state index in [1.54, 1.807) is 4.68 Å². The summed E-state index contributed by atoms with van der Waals surface area (Å²) in [7, 11) is 1.82. The fraction of sp³-hybridized carbons (Fsp3) is 0.438. The van der Waals surface area contributed by atoms with Crippen molar-refractivity contribution in [2.24, 2.45) is 7.05 Å². The van der Waals surface area contributed by atoms with Crippen LogP contribution in [0.3, 0.4) is 0 Å². The molecule has 1 aromatic heterocycles. The first-order valence-electron chi connectivity index (χ1n) is 7.28. The largest absolute Gasteiger partial charge is 0.306 e. The fourth-order valence-corrected chi connectivity index (χ4v) is 2.51. The number of rotatable bonds is 6. The highest BCUT2D eigenvalue weighted by Crippen LogP contribution is 2.29. The molecule has 1 aromatic carbocycles. The van der Waals surface area contributed by atoms with E-state index >= 15 is 0 Å². The van der Waals surface area contributed by atoms with Gasteiger partial charge in [-0.1, -0.05) is 19.9 Å². The Balaban J connectivity index is 2.52. The van der Waals surface area contributed by atoms with Crippen LogP contribution >= 0.6 is 0 Å². The first-order chi connectivity index (χ1) is 10.1. The molecule has 1 N–H and O–H groups in total. The van der Waals surface area contributed by atoms with Gasteiger partial charge in [-0.3, -0.25) is 4.68 Å². The molecule has 5 heteroatoms. The summed E-state index contributed by atoms with van der Waals surface area (Å²) in [6.07, 6.45) is 3.43. The van der Waals surface area contributed by atoms with Crippen molar-refractivity contribution in [3.8, 4) is 0 Å². The predicted octanol–water partition coefficient (Wildman–Crippen LogP) is 3.35. The van der Waals surface area contributed by atoms with Gasteiger partial charge in [-0.2, -0.15) is 5.10 Å². The maximum atomic E-state index is 14.1. The lowest BCUT2D eigenvalue weighted by Crippen LogP contribution is -2.25. The monoisotopic (exact) mass is 293 g/mol. The van der Waals surface area contributed by atoms with Crippen LogP contribution < -0.4 is 5.32 Å². The summed E-state index contributed by atoms with van der Waals surface area (Å²) in [5.41, 5.74) is 1.75. The normalized spacial score (nSPS) is 12.6. The van der Waals surface area contributed by atoms with Crippen molar-refractivity contribution >= 4 is 0 Å². The molecule has 0 aliphatic carbocycles. The Morgan fingerprint density at radius 1 is 1.24 bits per heavy atom. The zero-order chi connectivity index (χ0) is 15.4. The van der Waals surface area contributed by atoms with Crippen LogP contribution in [0.15, 0.2) is 24.4 Å². The van der Waals surface area contributed by atoms with E-state index in [4.69, 9.17) is 0 Å². The molecule has 0 spiro atoms. The molecular formula is C16H21F2N3. The van der Waals surface area contributed by atoms with Crippen molar-refractivity contribution < 1.29 is 8.78 Å². The van der Waals surface area contributed by atoms with Crippen LogP contribution in [0.4, 0.5) is 8.78 Å². The third kappa shape index (κ3) is 3.29. The molecule has 0 fully saturated rings. The first-order valence-corrected chi connectivity index (χ1v) is 7.28. The Bertz CT molecular complexity index is 587. The van der Waals surface area contributed by atoms with Gasteiger partial charge >= 0.3 is 0 Å². The SMILES string of the molecule is CCCNC(c1cn(C)nc1CC)c1c(F)cccc1F. The van der Waals surface area contributed by atoms with Crippen molar-refractivity contribution in [3.05, 3.63) is 52.9 Å². The second-order valence-electron chi connectivity index (χ2n) is 5.08. The highest BCUT2D eigenvalue weighted by atomic mass is 19.1. The molecule has 0 saturated heterocycles. The molecule has 0 aliphatic rings. The third-order valence-electron chi connectivity index (χ3n) is 3.47.